The van der Waals surface area contributed by atoms with Crippen molar-refractivity contribution in [2.45, 2.75) is 122 Å². The van der Waals surface area contributed by atoms with Gasteiger partial charge < -0.3 is 14.2 Å². The van der Waals surface area contributed by atoms with Gasteiger partial charge in [0.2, 0.25) is 0 Å². The number of cyclic esters (lactones) is 2. The predicted molar refractivity (Wildman–Crippen MR) is 134 cm³/mol. The van der Waals surface area contributed by atoms with Crippen LogP contribution in [0.2, 0.25) is 0 Å². The fourth-order valence-electron chi connectivity index (χ4n) is 5.36. The van der Waals surface area contributed by atoms with E-state index in [0.717, 1.165) is 43.5 Å². The van der Waals surface area contributed by atoms with Crippen LogP contribution >= 0.6 is 0 Å². The normalized spacial score (nSPS) is 22.7. The van der Waals surface area contributed by atoms with E-state index in [1.165, 1.54) is 89.0 Å². The van der Waals surface area contributed by atoms with Gasteiger partial charge in [-0.1, -0.05) is 76.8 Å². The van der Waals surface area contributed by atoms with Gasteiger partial charge in [0.15, 0.2) is 0 Å². The van der Waals surface area contributed by atoms with Gasteiger partial charge in [-0.3, -0.25) is 0 Å². The molecule has 0 spiro atoms. The lowest BCUT2D eigenvalue weighted by atomic mass is 9.77. The van der Waals surface area contributed by atoms with E-state index in [1.54, 1.807) is 0 Å². The molecule has 1 aromatic rings. The van der Waals surface area contributed by atoms with Crippen molar-refractivity contribution in [2.24, 2.45) is 5.92 Å². The van der Waals surface area contributed by atoms with Crippen LogP contribution in [0.4, 0.5) is 4.79 Å². The fraction of sp³-hybridized carbons (Fsp3) is 0.759. The molecular formula is C29H46O4. The molecule has 0 radical (unpaired) electrons. The third kappa shape index (κ3) is 9.98. The van der Waals surface area contributed by atoms with Crippen LogP contribution in [-0.4, -0.2) is 25.5 Å². The number of carbonyl (C=O) groups excluding carboxylic acids is 1. The first-order valence-corrected chi connectivity index (χ1v) is 13.8. The minimum Gasteiger partial charge on any atom is -0.494 e. The molecule has 4 heteroatoms. The van der Waals surface area contributed by atoms with Gasteiger partial charge >= 0.3 is 6.16 Å². The molecule has 0 amide bonds. The molecule has 0 aromatic heterocycles. The van der Waals surface area contributed by atoms with Crippen molar-refractivity contribution in [1.82, 2.24) is 0 Å². The summed E-state index contributed by atoms with van der Waals surface area (Å²) in [7, 11) is 0. The lowest BCUT2D eigenvalue weighted by Crippen LogP contribution is -2.13. The molecule has 1 saturated heterocycles. The highest BCUT2D eigenvalue weighted by Gasteiger charge is 2.24. The molecule has 1 saturated carbocycles. The number of unbranched alkanes of at least 4 members (excludes halogenated alkanes) is 8. The van der Waals surface area contributed by atoms with E-state index < -0.39 is 6.16 Å². The summed E-state index contributed by atoms with van der Waals surface area (Å²) < 4.78 is 15.8. The van der Waals surface area contributed by atoms with Crippen molar-refractivity contribution >= 4 is 6.16 Å². The monoisotopic (exact) mass is 458 g/mol. The standard InChI is InChI=1S/C29H46O4/c1-2-3-9-12-24-14-16-25(17-15-24)26-18-20-27(21-19-26)31-22-11-8-6-4-5-7-10-13-28-23-32-29(30)33-28/h18-21,24-25,28H,2-17,22-23H2,1H3. The average molecular weight is 459 g/mol. The molecule has 2 aliphatic rings. The lowest BCUT2D eigenvalue weighted by Gasteiger charge is -2.29. The van der Waals surface area contributed by atoms with Crippen LogP contribution in [0.5, 0.6) is 5.75 Å². The highest BCUT2D eigenvalue weighted by molar-refractivity contribution is 5.61. The Hall–Kier alpha value is -1.71. The molecular weight excluding hydrogens is 412 g/mol. The maximum atomic E-state index is 10.9. The number of rotatable bonds is 16. The maximum Gasteiger partial charge on any atom is 0.508 e. The maximum absolute atomic E-state index is 10.9. The Balaban J connectivity index is 1.16. The van der Waals surface area contributed by atoms with Crippen molar-refractivity contribution in [2.75, 3.05) is 13.2 Å². The molecule has 3 rings (SSSR count). The number of ether oxygens (including phenoxy) is 3. The molecule has 186 valence electrons. The smallest absolute Gasteiger partial charge is 0.494 e. The van der Waals surface area contributed by atoms with Gasteiger partial charge in [0.1, 0.15) is 18.5 Å². The minimum absolute atomic E-state index is 0.0148. The van der Waals surface area contributed by atoms with Crippen LogP contribution in [0.1, 0.15) is 121 Å². The van der Waals surface area contributed by atoms with Crippen LogP contribution in [0.15, 0.2) is 24.3 Å². The van der Waals surface area contributed by atoms with Crippen molar-refractivity contribution in [3.8, 4) is 5.75 Å². The first-order chi connectivity index (χ1) is 16.2. The Morgan fingerprint density at radius 1 is 0.818 bits per heavy atom. The zero-order valence-corrected chi connectivity index (χ0v) is 20.9. The number of carbonyl (C=O) groups is 1. The molecule has 1 aliphatic carbocycles. The number of benzene rings is 1. The van der Waals surface area contributed by atoms with E-state index in [1.807, 2.05) is 0 Å². The summed E-state index contributed by atoms with van der Waals surface area (Å²) in [6.07, 6.45) is 20.0. The van der Waals surface area contributed by atoms with Crippen LogP contribution in [-0.2, 0) is 9.47 Å². The van der Waals surface area contributed by atoms with Crippen LogP contribution in [0, 0.1) is 5.92 Å². The SMILES string of the molecule is CCCCCC1CCC(c2ccc(OCCCCCCCCCC3COC(=O)O3)cc2)CC1. The van der Waals surface area contributed by atoms with Crippen LogP contribution in [0.25, 0.3) is 0 Å². The van der Waals surface area contributed by atoms with Gasteiger partial charge in [0, 0.05) is 0 Å². The molecule has 1 heterocycles. The summed E-state index contributed by atoms with van der Waals surface area (Å²) in [5.41, 5.74) is 1.51. The average Bonchev–Trinajstić information content (AvgIpc) is 3.26. The molecule has 4 nitrogen and oxygen atoms in total. The molecule has 1 aliphatic heterocycles. The van der Waals surface area contributed by atoms with E-state index in [0.29, 0.717) is 6.61 Å². The highest BCUT2D eigenvalue weighted by Crippen LogP contribution is 2.38. The van der Waals surface area contributed by atoms with Gasteiger partial charge in [0.25, 0.3) is 0 Å². The predicted octanol–water partition coefficient (Wildman–Crippen LogP) is 8.58. The summed E-state index contributed by atoms with van der Waals surface area (Å²) >= 11 is 0. The quantitative estimate of drug-likeness (QED) is 0.184. The zero-order chi connectivity index (χ0) is 23.1. The lowest BCUT2D eigenvalue weighted by molar-refractivity contribution is 0.115. The van der Waals surface area contributed by atoms with E-state index in [-0.39, 0.29) is 6.10 Å². The first-order valence-electron chi connectivity index (χ1n) is 13.8. The molecule has 1 aromatic carbocycles. The Kier molecular flexibility index (Phi) is 12.0. The van der Waals surface area contributed by atoms with E-state index in [2.05, 4.69) is 31.2 Å². The summed E-state index contributed by atoms with van der Waals surface area (Å²) in [5, 5.41) is 0. The zero-order valence-electron chi connectivity index (χ0n) is 20.9. The van der Waals surface area contributed by atoms with Crippen molar-refractivity contribution in [3.05, 3.63) is 29.8 Å². The highest BCUT2D eigenvalue weighted by atomic mass is 16.8. The Bertz CT molecular complexity index is 648. The second kappa shape index (κ2) is 15.2. The third-order valence-corrected chi connectivity index (χ3v) is 7.50. The van der Waals surface area contributed by atoms with Gasteiger partial charge in [-0.2, -0.15) is 0 Å². The Morgan fingerprint density at radius 3 is 2.15 bits per heavy atom. The summed E-state index contributed by atoms with van der Waals surface area (Å²) in [6, 6.07) is 8.96. The first kappa shape index (κ1) is 25.9. The second-order valence-corrected chi connectivity index (χ2v) is 10.2. The molecule has 0 N–H and O–H groups in total. The van der Waals surface area contributed by atoms with E-state index in [9.17, 15) is 4.79 Å². The fourth-order valence-corrected chi connectivity index (χ4v) is 5.36. The molecule has 33 heavy (non-hydrogen) atoms. The van der Waals surface area contributed by atoms with Crippen LogP contribution in [0.3, 0.4) is 0 Å². The number of hydrogen-bond acceptors (Lipinski definition) is 4. The van der Waals surface area contributed by atoms with E-state index in [4.69, 9.17) is 14.2 Å². The van der Waals surface area contributed by atoms with Gasteiger partial charge in [-0.15, -0.1) is 0 Å². The Morgan fingerprint density at radius 2 is 1.48 bits per heavy atom. The largest absolute Gasteiger partial charge is 0.508 e. The van der Waals surface area contributed by atoms with E-state index >= 15 is 0 Å². The molecule has 1 unspecified atom stereocenters. The van der Waals surface area contributed by atoms with Gasteiger partial charge in [0.05, 0.1) is 6.61 Å². The van der Waals surface area contributed by atoms with Gasteiger partial charge in [-0.05, 0) is 74.5 Å². The summed E-state index contributed by atoms with van der Waals surface area (Å²) in [6.45, 7) is 3.54. The van der Waals surface area contributed by atoms with Crippen molar-refractivity contribution in [1.29, 1.82) is 0 Å². The minimum atomic E-state index is -0.506. The van der Waals surface area contributed by atoms with Gasteiger partial charge in [-0.25, -0.2) is 4.79 Å². The topological polar surface area (TPSA) is 44.8 Å². The number of hydrogen-bond donors (Lipinski definition) is 0. The molecule has 0 bridgehead atoms. The third-order valence-electron chi connectivity index (χ3n) is 7.50. The van der Waals surface area contributed by atoms with Crippen molar-refractivity contribution in [3.63, 3.8) is 0 Å². The molecule has 1 atom stereocenters. The van der Waals surface area contributed by atoms with Crippen molar-refractivity contribution < 1.29 is 19.0 Å². The summed E-state index contributed by atoms with van der Waals surface area (Å²) in [5.74, 6) is 2.75. The van der Waals surface area contributed by atoms with Crippen LogP contribution < -0.4 is 4.74 Å². The summed E-state index contributed by atoms with van der Waals surface area (Å²) in [4.78, 5) is 10.9. The second-order valence-electron chi connectivity index (χ2n) is 10.2. The molecule has 2 fully saturated rings. The Labute approximate surface area is 201 Å².